The van der Waals surface area contributed by atoms with Crippen LogP contribution in [0.15, 0.2) is 46.1 Å². The Morgan fingerprint density at radius 3 is 2.47 bits per heavy atom. The fraction of sp³-hybridized carbons (Fsp3) is 0.455. The first kappa shape index (κ1) is 24.4. The van der Waals surface area contributed by atoms with Crippen molar-refractivity contribution in [3.63, 3.8) is 0 Å². The molecule has 1 aromatic carbocycles. The fourth-order valence-corrected chi connectivity index (χ4v) is 4.61. The molecule has 1 amide bonds. The lowest BCUT2D eigenvalue weighted by molar-refractivity contribution is -0.162. The molecule has 1 unspecified atom stereocenters. The maximum atomic E-state index is 13.6. The number of piperidine rings is 1. The number of likely N-dealkylation sites (tertiary alicyclic amines) is 1. The number of fused-ring (bicyclic) bond motifs is 1. The molecule has 3 aromatic rings. The molecule has 1 aliphatic rings. The summed E-state index contributed by atoms with van der Waals surface area (Å²) in [5, 5.41) is 15.2. The zero-order valence-corrected chi connectivity index (χ0v) is 19.9. The first-order valence-electron chi connectivity index (χ1n) is 10.7. The van der Waals surface area contributed by atoms with E-state index in [1.54, 1.807) is 13.1 Å². The van der Waals surface area contributed by atoms with E-state index < -0.39 is 35.6 Å². The van der Waals surface area contributed by atoms with Gasteiger partial charge in [0.1, 0.15) is 10.1 Å². The second-order valence-electron chi connectivity index (χ2n) is 8.60. The Hall–Kier alpha value is -2.73. The Balaban J connectivity index is 1.43. The van der Waals surface area contributed by atoms with Crippen molar-refractivity contribution >= 4 is 32.9 Å². The summed E-state index contributed by atoms with van der Waals surface area (Å²) in [6, 6.07) is 7.37. The quantitative estimate of drug-likeness (QED) is 0.536. The molecule has 182 valence electrons. The minimum absolute atomic E-state index is 0.0419. The number of rotatable bonds is 5. The Bertz CT molecular complexity index is 1250. The van der Waals surface area contributed by atoms with Crippen LogP contribution in [-0.2, 0) is 18.4 Å². The number of hydrogen-bond acceptors (Lipinski definition) is 5. The van der Waals surface area contributed by atoms with Gasteiger partial charge in [0, 0.05) is 26.6 Å². The minimum atomic E-state index is -4.55. The van der Waals surface area contributed by atoms with E-state index in [9.17, 15) is 27.9 Å². The average Bonchev–Trinajstić information content (AvgIpc) is 3.08. The van der Waals surface area contributed by atoms with Gasteiger partial charge < -0.3 is 10.0 Å². The zero-order valence-electron chi connectivity index (χ0n) is 18.3. The van der Waals surface area contributed by atoms with Gasteiger partial charge in [-0.25, -0.2) is 4.98 Å². The van der Waals surface area contributed by atoms with Gasteiger partial charge in [-0.2, -0.15) is 18.3 Å². The molecule has 1 aliphatic heterocycles. The normalized spacial score (nSPS) is 17.2. The van der Waals surface area contributed by atoms with Gasteiger partial charge in [0.15, 0.2) is 5.52 Å². The van der Waals surface area contributed by atoms with E-state index in [4.69, 9.17) is 0 Å². The molecular weight excluding hydrogens is 519 g/mol. The van der Waals surface area contributed by atoms with Crippen LogP contribution in [0.3, 0.4) is 0 Å². The maximum Gasteiger partial charge on any atom is 0.396 e. The summed E-state index contributed by atoms with van der Waals surface area (Å²) < 4.78 is 44.2. The standard InChI is InChI=1S/C22H23BrF3N5O3/c1-29-19(23)17-18(28-29)20(33)31(13-27-17)12-21(34)7-9-30(10-8-21)16(32)11-15(22(24,25)26)14-5-3-2-4-6-14/h2-6,13,15,34H,7-12H2,1H3. The van der Waals surface area contributed by atoms with Crippen molar-refractivity contribution < 1.29 is 23.1 Å². The Morgan fingerprint density at radius 2 is 1.85 bits per heavy atom. The van der Waals surface area contributed by atoms with Gasteiger partial charge >= 0.3 is 6.18 Å². The van der Waals surface area contributed by atoms with Crippen molar-refractivity contribution in [1.29, 1.82) is 0 Å². The lowest BCUT2D eigenvalue weighted by atomic mass is 9.90. The molecular formula is C22H23BrF3N5O3. The molecule has 2 aromatic heterocycles. The number of nitrogens with zero attached hydrogens (tertiary/aromatic N) is 5. The van der Waals surface area contributed by atoms with Gasteiger partial charge in [-0.05, 0) is 34.3 Å². The van der Waals surface area contributed by atoms with Crippen LogP contribution in [0.25, 0.3) is 11.0 Å². The second-order valence-corrected chi connectivity index (χ2v) is 9.35. The second kappa shape index (κ2) is 9.14. The monoisotopic (exact) mass is 541 g/mol. The van der Waals surface area contributed by atoms with E-state index in [2.05, 4.69) is 26.0 Å². The van der Waals surface area contributed by atoms with Crippen molar-refractivity contribution in [2.45, 2.75) is 43.5 Å². The zero-order chi connectivity index (χ0) is 24.7. The summed E-state index contributed by atoms with van der Waals surface area (Å²) in [6.07, 6.45) is -3.67. The van der Waals surface area contributed by atoms with Crippen molar-refractivity contribution in [3.8, 4) is 0 Å². The summed E-state index contributed by atoms with van der Waals surface area (Å²) in [5.74, 6) is -2.51. The number of benzene rings is 1. The third-order valence-corrected chi connectivity index (χ3v) is 7.12. The first-order valence-corrected chi connectivity index (χ1v) is 11.5. The summed E-state index contributed by atoms with van der Waals surface area (Å²) >= 11 is 3.32. The predicted octanol–water partition coefficient (Wildman–Crippen LogP) is 2.98. The number of carbonyl (C=O) groups excluding carboxylic acids is 1. The number of carbonyl (C=O) groups is 1. The van der Waals surface area contributed by atoms with Gasteiger partial charge in [-0.1, -0.05) is 30.3 Å². The molecule has 0 spiro atoms. The molecule has 12 heteroatoms. The highest BCUT2D eigenvalue weighted by atomic mass is 79.9. The van der Waals surface area contributed by atoms with Crippen LogP contribution < -0.4 is 5.56 Å². The molecule has 0 saturated carbocycles. The third-order valence-electron chi connectivity index (χ3n) is 6.23. The van der Waals surface area contributed by atoms with Gasteiger partial charge in [0.25, 0.3) is 5.56 Å². The number of hydrogen-bond donors (Lipinski definition) is 1. The Labute approximate surface area is 201 Å². The lowest BCUT2D eigenvalue weighted by Gasteiger charge is -2.39. The van der Waals surface area contributed by atoms with E-state index in [1.807, 2.05) is 0 Å². The van der Waals surface area contributed by atoms with Crippen LogP contribution in [0, 0.1) is 0 Å². The highest BCUT2D eigenvalue weighted by molar-refractivity contribution is 9.10. The van der Waals surface area contributed by atoms with E-state index in [0.29, 0.717) is 10.1 Å². The molecule has 0 bridgehead atoms. The Morgan fingerprint density at radius 1 is 1.21 bits per heavy atom. The van der Waals surface area contributed by atoms with Gasteiger partial charge in [-0.15, -0.1) is 0 Å². The van der Waals surface area contributed by atoms with E-state index in [1.165, 1.54) is 44.7 Å². The molecule has 34 heavy (non-hydrogen) atoms. The number of alkyl halides is 3. The van der Waals surface area contributed by atoms with Crippen LogP contribution >= 0.6 is 15.9 Å². The molecule has 0 radical (unpaired) electrons. The summed E-state index contributed by atoms with van der Waals surface area (Å²) in [7, 11) is 1.66. The van der Waals surface area contributed by atoms with Crippen molar-refractivity contribution in [2.24, 2.45) is 7.05 Å². The van der Waals surface area contributed by atoms with Gasteiger partial charge in [-0.3, -0.25) is 18.8 Å². The number of aryl methyl sites for hydroxylation is 1. The number of amides is 1. The van der Waals surface area contributed by atoms with Gasteiger partial charge in [0.05, 0.1) is 24.4 Å². The van der Waals surface area contributed by atoms with Crippen LogP contribution in [0.4, 0.5) is 13.2 Å². The van der Waals surface area contributed by atoms with Crippen LogP contribution in [0.5, 0.6) is 0 Å². The average molecular weight is 542 g/mol. The van der Waals surface area contributed by atoms with Crippen LogP contribution in [-0.4, -0.2) is 60.1 Å². The molecule has 1 N–H and O–H groups in total. The molecule has 1 saturated heterocycles. The summed E-state index contributed by atoms with van der Waals surface area (Å²) in [4.78, 5) is 31.1. The van der Waals surface area contributed by atoms with E-state index in [0.717, 1.165) is 0 Å². The molecule has 1 fully saturated rings. The van der Waals surface area contributed by atoms with Crippen molar-refractivity contribution in [3.05, 3.63) is 57.2 Å². The highest BCUT2D eigenvalue weighted by Crippen LogP contribution is 2.38. The first-order chi connectivity index (χ1) is 16.0. The molecule has 4 rings (SSSR count). The number of halogens is 4. The summed E-state index contributed by atoms with van der Waals surface area (Å²) in [6.45, 7) is 0.128. The molecule has 8 nitrogen and oxygen atoms in total. The minimum Gasteiger partial charge on any atom is -0.388 e. The highest BCUT2D eigenvalue weighted by Gasteiger charge is 2.43. The topological polar surface area (TPSA) is 93.2 Å². The predicted molar refractivity (Wildman–Crippen MR) is 121 cm³/mol. The number of aromatic nitrogens is 4. The smallest absolute Gasteiger partial charge is 0.388 e. The summed E-state index contributed by atoms with van der Waals surface area (Å²) in [5.41, 5.74) is -1.10. The van der Waals surface area contributed by atoms with Crippen LogP contribution in [0.2, 0.25) is 0 Å². The largest absolute Gasteiger partial charge is 0.396 e. The molecule has 1 atom stereocenters. The van der Waals surface area contributed by atoms with Gasteiger partial charge in [0.2, 0.25) is 5.91 Å². The molecule has 0 aliphatic carbocycles. The Kier molecular flexibility index (Phi) is 6.56. The van der Waals surface area contributed by atoms with E-state index in [-0.39, 0.29) is 43.6 Å². The molecule has 3 heterocycles. The fourth-order valence-electron chi connectivity index (χ4n) is 4.24. The van der Waals surface area contributed by atoms with Crippen LogP contribution in [0.1, 0.15) is 30.7 Å². The SMILES string of the molecule is Cn1nc2c(=O)n(CC3(O)CCN(C(=O)CC(c4ccccc4)C(F)(F)F)CC3)cnc2c1Br. The third kappa shape index (κ3) is 4.88. The van der Waals surface area contributed by atoms with Crippen molar-refractivity contribution in [2.75, 3.05) is 13.1 Å². The maximum absolute atomic E-state index is 13.6. The van der Waals surface area contributed by atoms with E-state index >= 15 is 0 Å². The lowest BCUT2D eigenvalue weighted by Crippen LogP contribution is -2.50. The number of aliphatic hydroxyl groups is 1. The van der Waals surface area contributed by atoms with Crippen molar-refractivity contribution in [1.82, 2.24) is 24.2 Å².